The minimum atomic E-state index is -1.10. The Morgan fingerprint density at radius 1 is 0.938 bits per heavy atom. The molecule has 4 aromatic rings. The van der Waals surface area contributed by atoms with Crippen LogP contribution in [-0.2, 0) is 22.1 Å². The molecule has 1 unspecified atom stereocenters. The van der Waals surface area contributed by atoms with Crippen molar-refractivity contribution in [2.75, 3.05) is 20.4 Å². The Labute approximate surface area is 287 Å². The molecule has 0 aliphatic heterocycles. The molecule has 256 valence electrons. The van der Waals surface area contributed by atoms with Crippen LogP contribution in [0.25, 0.3) is 21.2 Å². The van der Waals surface area contributed by atoms with Gasteiger partial charge in [-0.15, -0.1) is 11.3 Å². The molecule has 1 atom stereocenters. The lowest BCUT2D eigenvalue weighted by Crippen LogP contribution is -2.47. The number of nitrogens with zero attached hydrogens (tertiary/aromatic N) is 2. The van der Waals surface area contributed by atoms with E-state index in [0.29, 0.717) is 41.9 Å². The number of hydrogen-bond donors (Lipinski definition) is 0. The molecule has 1 aromatic heterocycles. The Balaban J connectivity index is 1.49. The van der Waals surface area contributed by atoms with Gasteiger partial charge in [-0.3, -0.25) is 9.00 Å². The fourth-order valence-corrected chi connectivity index (χ4v) is 8.02. The molecule has 0 bridgehead atoms. The van der Waals surface area contributed by atoms with Crippen LogP contribution in [0.15, 0.2) is 59.5 Å². The van der Waals surface area contributed by atoms with Gasteiger partial charge in [0.1, 0.15) is 23.0 Å². The minimum Gasteiger partial charge on any atom is -0.496 e. The van der Waals surface area contributed by atoms with Gasteiger partial charge in [0.15, 0.2) is 0 Å². The highest BCUT2D eigenvalue weighted by Crippen LogP contribution is 2.38. The Morgan fingerprint density at radius 3 is 2.12 bits per heavy atom. The molecule has 2 amide bonds. The van der Waals surface area contributed by atoms with Crippen molar-refractivity contribution in [2.45, 2.75) is 82.5 Å². The van der Waals surface area contributed by atoms with Crippen molar-refractivity contribution >= 4 is 44.2 Å². The van der Waals surface area contributed by atoms with E-state index in [1.165, 1.54) is 0 Å². The second kappa shape index (κ2) is 14.3. The first-order valence-electron chi connectivity index (χ1n) is 15.9. The molecule has 1 fully saturated rings. The molecular weight excluding hydrogens is 655 g/mol. The van der Waals surface area contributed by atoms with Crippen LogP contribution >= 0.6 is 11.3 Å². The lowest BCUT2D eigenvalue weighted by molar-refractivity contribution is 0.0144. The monoisotopic (exact) mass is 696 g/mol. The van der Waals surface area contributed by atoms with E-state index < -0.39 is 28.0 Å². The second-order valence-electron chi connectivity index (χ2n) is 13.3. The van der Waals surface area contributed by atoms with Gasteiger partial charge in [0.2, 0.25) is 0 Å². The maximum Gasteiger partial charge on any atom is 0.410 e. The molecule has 1 heterocycles. The maximum atomic E-state index is 14.9. The number of carbonyl (C=O) groups is 2. The predicted molar refractivity (Wildman–Crippen MR) is 187 cm³/mol. The molecule has 0 N–H and O–H groups in total. The maximum absolute atomic E-state index is 14.9. The van der Waals surface area contributed by atoms with Crippen LogP contribution in [0.5, 0.6) is 5.75 Å². The van der Waals surface area contributed by atoms with Gasteiger partial charge in [-0.2, -0.15) is 0 Å². The van der Waals surface area contributed by atoms with Gasteiger partial charge in [0.25, 0.3) is 5.91 Å². The van der Waals surface area contributed by atoms with E-state index in [-0.39, 0.29) is 40.7 Å². The molecule has 48 heavy (non-hydrogen) atoms. The average molecular weight is 697 g/mol. The first kappa shape index (κ1) is 35.5. The zero-order chi connectivity index (χ0) is 34.9. The Bertz CT molecular complexity index is 1840. The molecule has 7 nitrogen and oxygen atoms in total. The Hall–Kier alpha value is -3.83. The standard InChI is InChI=1S/C37H42F2N2O5S2/c1-22-32-29(38)17-18-30(39)34(32)47-33(22)35(42)41(27-13-11-26(12-14-27)40(5)36(43)46-37(2,3)4)21-25-20-24(10-19-31(25)45-6)23-8-15-28(16-9-23)48(7)44/h8-10,15-20,26-27H,11-14,21H2,1-7H3. The number of methoxy groups -OCH3 is 1. The molecule has 5 rings (SSSR count). The van der Waals surface area contributed by atoms with E-state index in [9.17, 15) is 22.6 Å². The summed E-state index contributed by atoms with van der Waals surface area (Å²) in [5.74, 6) is -0.836. The quantitative estimate of drug-likeness (QED) is 0.184. The van der Waals surface area contributed by atoms with Crippen molar-refractivity contribution in [1.29, 1.82) is 0 Å². The number of carbonyl (C=O) groups excluding carboxylic acids is 2. The topological polar surface area (TPSA) is 76.2 Å². The summed E-state index contributed by atoms with van der Waals surface area (Å²) in [6.07, 6.45) is 3.80. The Kier molecular flexibility index (Phi) is 10.6. The highest BCUT2D eigenvalue weighted by molar-refractivity contribution is 7.84. The Morgan fingerprint density at radius 2 is 1.54 bits per heavy atom. The molecule has 1 aliphatic rings. The van der Waals surface area contributed by atoms with Crippen molar-refractivity contribution in [3.63, 3.8) is 0 Å². The van der Waals surface area contributed by atoms with Crippen LogP contribution in [0.2, 0.25) is 0 Å². The molecule has 3 aromatic carbocycles. The van der Waals surface area contributed by atoms with Gasteiger partial charge in [-0.05, 0) is 106 Å². The van der Waals surface area contributed by atoms with Crippen molar-refractivity contribution in [3.05, 3.63) is 82.2 Å². The number of rotatable bonds is 8. The highest BCUT2D eigenvalue weighted by Gasteiger charge is 2.35. The van der Waals surface area contributed by atoms with Gasteiger partial charge in [0.05, 0.1) is 16.7 Å². The van der Waals surface area contributed by atoms with E-state index in [1.807, 2.05) is 63.2 Å². The van der Waals surface area contributed by atoms with E-state index in [0.717, 1.165) is 45.1 Å². The molecule has 11 heteroatoms. The molecule has 1 aliphatic carbocycles. The summed E-state index contributed by atoms with van der Waals surface area (Å²) in [6, 6.07) is 15.2. The number of thiophene rings is 1. The SMILES string of the molecule is COc1ccc(-c2ccc(S(C)=O)cc2)cc1CN(C(=O)c1sc2c(F)ccc(F)c2c1C)C1CCC(N(C)C(=O)OC(C)(C)C)CC1. The second-order valence-corrected chi connectivity index (χ2v) is 15.7. The lowest BCUT2D eigenvalue weighted by Gasteiger charge is -2.40. The number of aryl methyl sites for hydroxylation is 1. The summed E-state index contributed by atoms with van der Waals surface area (Å²) in [5, 5.41) is 0.127. The fraction of sp³-hybridized carbons (Fsp3) is 0.405. The zero-order valence-electron chi connectivity index (χ0n) is 28.4. The summed E-state index contributed by atoms with van der Waals surface area (Å²) in [6.45, 7) is 7.35. The number of hydrogen-bond acceptors (Lipinski definition) is 6. The van der Waals surface area contributed by atoms with E-state index in [2.05, 4.69) is 0 Å². The van der Waals surface area contributed by atoms with E-state index in [1.54, 1.807) is 37.1 Å². The fourth-order valence-electron chi connectivity index (χ4n) is 6.32. The summed E-state index contributed by atoms with van der Waals surface area (Å²) < 4.78 is 53.1. The molecule has 0 radical (unpaired) electrons. The number of benzene rings is 3. The van der Waals surface area contributed by atoms with E-state index >= 15 is 0 Å². The van der Waals surface area contributed by atoms with Crippen LogP contribution in [-0.4, -0.2) is 64.1 Å². The zero-order valence-corrected chi connectivity index (χ0v) is 30.0. The van der Waals surface area contributed by atoms with Crippen molar-refractivity contribution in [1.82, 2.24) is 9.80 Å². The normalized spacial score (nSPS) is 17.2. The summed E-state index contributed by atoms with van der Waals surface area (Å²) in [7, 11) is 2.22. The molecule has 0 spiro atoms. The van der Waals surface area contributed by atoms with Gasteiger partial charge in [-0.1, -0.05) is 18.2 Å². The van der Waals surface area contributed by atoms with Gasteiger partial charge < -0.3 is 19.3 Å². The number of fused-ring (bicyclic) bond motifs is 1. The van der Waals surface area contributed by atoms with E-state index in [4.69, 9.17) is 9.47 Å². The van der Waals surface area contributed by atoms with Crippen LogP contribution in [0.1, 0.15) is 67.3 Å². The highest BCUT2D eigenvalue weighted by atomic mass is 32.2. The smallest absolute Gasteiger partial charge is 0.410 e. The predicted octanol–water partition coefficient (Wildman–Crippen LogP) is 8.72. The summed E-state index contributed by atoms with van der Waals surface area (Å²) in [5.41, 5.74) is 2.39. The number of amides is 2. The first-order chi connectivity index (χ1) is 22.7. The molecule has 0 saturated heterocycles. The van der Waals surface area contributed by atoms with Crippen molar-refractivity contribution in [3.8, 4) is 16.9 Å². The number of ether oxygens (including phenoxy) is 2. The van der Waals surface area contributed by atoms with Gasteiger partial charge in [0, 0.05) is 58.6 Å². The van der Waals surface area contributed by atoms with Crippen molar-refractivity contribution in [2.24, 2.45) is 0 Å². The third kappa shape index (κ3) is 7.57. The minimum absolute atomic E-state index is 0.0550. The lowest BCUT2D eigenvalue weighted by atomic mass is 9.89. The average Bonchev–Trinajstić information content (AvgIpc) is 3.42. The van der Waals surface area contributed by atoms with Crippen LogP contribution in [0, 0.1) is 18.6 Å². The third-order valence-electron chi connectivity index (χ3n) is 8.91. The third-order valence-corrected chi connectivity index (χ3v) is 11.1. The largest absolute Gasteiger partial charge is 0.496 e. The van der Waals surface area contributed by atoms with Crippen molar-refractivity contribution < 1.29 is 32.1 Å². The van der Waals surface area contributed by atoms with Crippen LogP contribution in [0.3, 0.4) is 0 Å². The number of halogens is 2. The van der Waals surface area contributed by atoms with Gasteiger partial charge >= 0.3 is 6.09 Å². The first-order valence-corrected chi connectivity index (χ1v) is 18.3. The summed E-state index contributed by atoms with van der Waals surface area (Å²) >= 11 is 0.972. The van der Waals surface area contributed by atoms with Crippen LogP contribution in [0.4, 0.5) is 13.6 Å². The van der Waals surface area contributed by atoms with Gasteiger partial charge in [-0.25, -0.2) is 13.6 Å². The molecular formula is C37H42F2N2O5S2. The molecule has 1 saturated carbocycles. The summed E-state index contributed by atoms with van der Waals surface area (Å²) in [4.78, 5) is 31.8. The van der Waals surface area contributed by atoms with Crippen LogP contribution < -0.4 is 4.74 Å².